The second kappa shape index (κ2) is 6.42. The van der Waals surface area contributed by atoms with Crippen LogP contribution >= 0.6 is 22.3 Å². The monoisotopic (exact) mass is 351 g/mol. The maximum atomic E-state index is 12.1. The van der Waals surface area contributed by atoms with Gasteiger partial charge in [-0.1, -0.05) is 18.5 Å². The fourth-order valence-electron chi connectivity index (χ4n) is 2.13. The van der Waals surface area contributed by atoms with Crippen LogP contribution in [0.15, 0.2) is 18.2 Å². The van der Waals surface area contributed by atoms with E-state index in [0.29, 0.717) is 23.1 Å². The number of benzene rings is 1. The Kier molecular flexibility index (Phi) is 5.01. The van der Waals surface area contributed by atoms with Crippen LogP contribution in [-0.4, -0.2) is 32.7 Å². The van der Waals surface area contributed by atoms with Crippen LogP contribution in [-0.2, 0) is 13.8 Å². The van der Waals surface area contributed by atoms with Crippen LogP contribution in [0, 0.1) is 0 Å². The molecule has 21 heavy (non-hydrogen) atoms. The van der Waals surface area contributed by atoms with Gasteiger partial charge in [-0.3, -0.25) is 4.79 Å². The molecule has 0 radical (unpaired) electrons. The smallest absolute Gasteiger partial charge is 0.237 e. The van der Waals surface area contributed by atoms with E-state index in [2.05, 4.69) is 0 Å². The Bertz CT molecular complexity index is 648. The van der Waals surface area contributed by atoms with Crippen molar-refractivity contribution in [2.45, 2.75) is 25.0 Å². The summed E-state index contributed by atoms with van der Waals surface area (Å²) < 4.78 is 28.4. The number of rotatable bonds is 5. The molecule has 1 saturated heterocycles. The summed E-state index contributed by atoms with van der Waals surface area (Å²) in [4.78, 5) is 13.4. The number of ether oxygens (including phenoxy) is 1. The second-order valence-electron chi connectivity index (χ2n) is 4.77. The molecule has 1 atom stereocenters. The third-order valence-electron chi connectivity index (χ3n) is 3.16. The van der Waals surface area contributed by atoms with E-state index in [4.69, 9.17) is 27.0 Å². The molecule has 8 heteroatoms. The molecule has 1 aromatic rings. The van der Waals surface area contributed by atoms with Crippen molar-refractivity contribution in [2.24, 2.45) is 0 Å². The minimum atomic E-state index is -3.78. The van der Waals surface area contributed by atoms with Crippen LogP contribution in [0.4, 0.5) is 5.69 Å². The molecule has 1 fully saturated rings. The maximum absolute atomic E-state index is 12.1. The zero-order valence-corrected chi connectivity index (χ0v) is 13.7. The van der Waals surface area contributed by atoms with Gasteiger partial charge in [0.1, 0.15) is 11.0 Å². The molecule has 1 amide bonds. The number of amides is 1. The molecular formula is C13H15Cl2NO4S. The molecular weight excluding hydrogens is 337 g/mol. The summed E-state index contributed by atoms with van der Waals surface area (Å²) in [6, 6.07) is 4.92. The van der Waals surface area contributed by atoms with Gasteiger partial charge in [0, 0.05) is 28.7 Å². The molecule has 116 valence electrons. The number of hydrogen-bond acceptors (Lipinski definition) is 4. The number of halogens is 2. The minimum Gasteiger partial charge on any atom is -0.491 e. The predicted molar refractivity (Wildman–Crippen MR) is 82.8 cm³/mol. The van der Waals surface area contributed by atoms with E-state index in [9.17, 15) is 13.2 Å². The van der Waals surface area contributed by atoms with E-state index in [1.165, 1.54) is 4.90 Å². The first-order valence-electron chi connectivity index (χ1n) is 6.49. The zero-order valence-electron chi connectivity index (χ0n) is 11.4. The van der Waals surface area contributed by atoms with Crippen molar-refractivity contribution < 1.29 is 17.9 Å². The van der Waals surface area contributed by atoms with Crippen molar-refractivity contribution in [3.05, 3.63) is 23.2 Å². The number of hydrogen-bond donors (Lipinski definition) is 0. The average molecular weight is 352 g/mol. The van der Waals surface area contributed by atoms with Crippen LogP contribution in [0.25, 0.3) is 0 Å². The first-order chi connectivity index (χ1) is 9.82. The highest BCUT2D eigenvalue weighted by Gasteiger charge is 2.39. The lowest BCUT2D eigenvalue weighted by Gasteiger charge is -2.20. The second-order valence-corrected chi connectivity index (χ2v) is 8.11. The summed E-state index contributed by atoms with van der Waals surface area (Å²) >= 11 is 5.97. The van der Waals surface area contributed by atoms with Gasteiger partial charge in [-0.2, -0.15) is 0 Å². The molecule has 1 unspecified atom stereocenters. The number of nitrogens with zero attached hydrogens (tertiary/aromatic N) is 1. The molecule has 2 rings (SSSR count). The number of anilines is 1. The average Bonchev–Trinajstić information content (AvgIpc) is 2.79. The molecule has 0 N–H and O–H groups in total. The lowest BCUT2D eigenvalue weighted by atomic mass is 10.2. The third-order valence-corrected chi connectivity index (χ3v) is 5.26. The highest BCUT2D eigenvalue weighted by molar-refractivity contribution is 8.14. The van der Waals surface area contributed by atoms with Crippen LogP contribution in [0.3, 0.4) is 0 Å². The highest BCUT2D eigenvalue weighted by atomic mass is 35.7. The first kappa shape index (κ1) is 16.4. The van der Waals surface area contributed by atoms with E-state index in [0.717, 1.165) is 6.42 Å². The van der Waals surface area contributed by atoms with Crippen molar-refractivity contribution in [1.82, 2.24) is 0 Å². The van der Waals surface area contributed by atoms with Gasteiger partial charge in [0.2, 0.25) is 15.0 Å². The van der Waals surface area contributed by atoms with Crippen LogP contribution in [0.5, 0.6) is 5.75 Å². The van der Waals surface area contributed by atoms with Crippen molar-refractivity contribution in [3.63, 3.8) is 0 Å². The lowest BCUT2D eigenvalue weighted by Crippen LogP contribution is -2.27. The maximum Gasteiger partial charge on any atom is 0.237 e. The molecule has 1 heterocycles. The minimum absolute atomic E-state index is 0.00743. The van der Waals surface area contributed by atoms with Crippen LogP contribution in [0.1, 0.15) is 19.8 Å². The molecule has 1 aromatic carbocycles. The van der Waals surface area contributed by atoms with Gasteiger partial charge in [-0.15, -0.1) is 0 Å². The fourth-order valence-corrected chi connectivity index (χ4v) is 3.32. The summed E-state index contributed by atoms with van der Waals surface area (Å²) in [6.07, 6.45) is 0.681. The van der Waals surface area contributed by atoms with Gasteiger partial charge in [0.25, 0.3) is 0 Å². The normalized spacial score (nSPS) is 19.1. The quantitative estimate of drug-likeness (QED) is 0.765. The molecule has 0 bridgehead atoms. The van der Waals surface area contributed by atoms with E-state index in [1.807, 2.05) is 6.92 Å². The summed E-state index contributed by atoms with van der Waals surface area (Å²) in [6.45, 7) is 2.47. The molecule has 0 spiro atoms. The van der Waals surface area contributed by atoms with Crippen molar-refractivity contribution in [3.8, 4) is 5.75 Å². The van der Waals surface area contributed by atoms with Gasteiger partial charge in [-0.05, 0) is 24.6 Å². The van der Waals surface area contributed by atoms with Crippen molar-refractivity contribution in [2.75, 3.05) is 18.1 Å². The predicted octanol–water partition coefficient (Wildman–Crippen LogP) is 2.80. The van der Waals surface area contributed by atoms with Crippen molar-refractivity contribution in [1.29, 1.82) is 0 Å². The van der Waals surface area contributed by atoms with Crippen LogP contribution < -0.4 is 9.64 Å². The Hall–Kier alpha value is -0.980. The van der Waals surface area contributed by atoms with E-state index < -0.39 is 14.3 Å². The van der Waals surface area contributed by atoms with E-state index >= 15 is 0 Å². The Morgan fingerprint density at radius 3 is 2.71 bits per heavy atom. The summed E-state index contributed by atoms with van der Waals surface area (Å²) in [7, 11) is 1.57. The van der Waals surface area contributed by atoms with Gasteiger partial charge < -0.3 is 9.64 Å². The zero-order chi connectivity index (χ0) is 15.6. The number of carbonyl (C=O) groups excluding carboxylic acids is 1. The van der Waals surface area contributed by atoms with E-state index in [1.54, 1.807) is 18.2 Å². The van der Waals surface area contributed by atoms with Gasteiger partial charge >= 0.3 is 0 Å². The summed E-state index contributed by atoms with van der Waals surface area (Å²) in [5.41, 5.74) is 0.476. The molecule has 5 nitrogen and oxygen atoms in total. The highest BCUT2D eigenvalue weighted by Crippen LogP contribution is 2.35. The van der Waals surface area contributed by atoms with Gasteiger partial charge in [-0.25, -0.2) is 8.42 Å². The first-order valence-corrected chi connectivity index (χ1v) is 9.24. The molecule has 0 saturated carbocycles. The molecule has 1 aliphatic heterocycles. The number of carbonyl (C=O) groups is 1. The van der Waals surface area contributed by atoms with Crippen molar-refractivity contribution >= 4 is 42.9 Å². The SMILES string of the molecule is CCCOc1ccc(Cl)cc1N1CC(S(=O)(=O)Cl)CC1=O. The Morgan fingerprint density at radius 2 is 2.14 bits per heavy atom. The Labute approximate surface area is 133 Å². The Balaban J connectivity index is 2.33. The molecule has 0 aromatic heterocycles. The molecule has 1 aliphatic rings. The Morgan fingerprint density at radius 1 is 1.43 bits per heavy atom. The standard InChI is InChI=1S/C13H15Cl2NO4S/c1-2-5-20-12-4-3-9(14)6-11(12)16-8-10(7-13(16)17)21(15,18)19/h3-4,6,10H,2,5,7-8H2,1H3. The lowest BCUT2D eigenvalue weighted by molar-refractivity contribution is -0.117. The summed E-state index contributed by atoms with van der Waals surface area (Å²) in [5.74, 6) is 0.190. The largest absolute Gasteiger partial charge is 0.491 e. The van der Waals surface area contributed by atoms with Crippen LogP contribution in [0.2, 0.25) is 5.02 Å². The van der Waals surface area contributed by atoms with Gasteiger partial charge in [0.15, 0.2) is 0 Å². The van der Waals surface area contributed by atoms with E-state index in [-0.39, 0.29) is 18.9 Å². The summed E-state index contributed by atoms with van der Waals surface area (Å²) in [5, 5.41) is -0.469. The molecule has 0 aliphatic carbocycles. The topological polar surface area (TPSA) is 63.7 Å². The van der Waals surface area contributed by atoms with Gasteiger partial charge in [0.05, 0.1) is 12.3 Å². The third kappa shape index (κ3) is 3.81. The fraction of sp³-hybridized carbons (Fsp3) is 0.462.